The second kappa shape index (κ2) is 6.38. The minimum absolute atomic E-state index is 0. The van der Waals surface area contributed by atoms with E-state index in [9.17, 15) is 9.59 Å². The Morgan fingerprint density at radius 2 is 1.94 bits per heavy atom. The van der Waals surface area contributed by atoms with Crippen LogP contribution in [0.25, 0.3) is 0 Å². The third-order valence-electron chi connectivity index (χ3n) is 3.79. The molecule has 1 aliphatic carbocycles. The zero-order chi connectivity index (χ0) is 12.3. The standard InChI is InChI=1S/C12H21N3O2.ClH/c13-12(6-2-3-7-12)11(17)15-9-5-1-4-8-14-10(9)16;/h9H,1-8,13H2,(H,14,16)(H,15,17);1H. The highest BCUT2D eigenvalue weighted by Crippen LogP contribution is 2.27. The van der Waals surface area contributed by atoms with Crippen LogP contribution < -0.4 is 16.4 Å². The quantitative estimate of drug-likeness (QED) is 0.685. The number of hydrogen-bond acceptors (Lipinski definition) is 3. The van der Waals surface area contributed by atoms with E-state index in [0.29, 0.717) is 13.0 Å². The van der Waals surface area contributed by atoms with E-state index in [0.717, 1.165) is 38.5 Å². The molecule has 2 amide bonds. The van der Waals surface area contributed by atoms with Gasteiger partial charge in [-0.15, -0.1) is 12.4 Å². The number of hydrogen-bond donors (Lipinski definition) is 3. The Hall–Kier alpha value is -0.810. The molecule has 0 aromatic rings. The fourth-order valence-corrected chi connectivity index (χ4v) is 2.61. The van der Waals surface area contributed by atoms with E-state index < -0.39 is 11.6 Å². The van der Waals surface area contributed by atoms with Gasteiger partial charge in [-0.05, 0) is 32.1 Å². The number of amides is 2. The first-order valence-electron chi connectivity index (χ1n) is 6.49. The average Bonchev–Trinajstić information content (AvgIpc) is 2.65. The third-order valence-corrected chi connectivity index (χ3v) is 3.79. The molecule has 1 aliphatic heterocycles. The lowest BCUT2D eigenvalue weighted by atomic mass is 9.97. The Bertz CT molecular complexity index is 316. The first-order valence-corrected chi connectivity index (χ1v) is 6.49. The molecule has 0 aromatic carbocycles. The van der Waals surface area contributed by atoms with Crippen LogP contribution in [0.1, 0.15) is 44.9 Å². The summed E-state index contributed by atoms with van der Waals surface area (Å²) >= 11 is 0. The summed E-state index contributed by atoms with van der Waals surface area (Å²) in [4.78, 5) is 23.8. The Morgan fingerprint density at radius 3 is 2.61 bits per heavy atom. The van der Waals surface area contributed by atoms with Crippen molar-refractivity contribution in [3.05, 3.63) is 0 Å². The maximum absolute atomic E-state index is 12.1. The molecule has 2 fully saturated rings. The van der Waals surface area contributed by atoms with Gasteiger partial charge in [0.1, 0.15) is 6.04 Å². The number of carbonyl (C=O) groups excluding carboxylic acids is 2. The monoisotopic (exact) mass is 275 g/mol. The highest BCUT2D eigenvalue weighted by atomic mass is 35.5. The molecule has 104 valence electrons. The molecule has 5 nitrogen and oxygen atoms in total. The summed E-state index contributed by atoms with van der Waals surface area (Å²) in [6, 6.07) is -0.397. The lowest BCUT2D eigenvalue weighted by Crippen LogP contribution is -2.57. The van der Waals surface area contributed by atoms with Crippen molar-refractivity contribution in [2.75, 3.05) is 6.54 Å². The van der Waals surface area contributed by atoms with Crippen molar-refractivity contribution in [2.24, 2.45) is 5.73 Å². The molecule has 0 spiro atoms. The van der Waals surface area contributed by atoms with Crippen molar-refractivity contribution in [3.63, 3.8) is 0 Å². The predicted octanol–water partition coefficient (Wildman–Crippen LogP) is 0.465. The zero-order valence-corrected chi connectivity index (χ0v) is 11.4. The van der Waals surface area contributed by atoms with Gasteiger partial charge in [-0.2, -0.15) is 0 Å². The molecule has 0 aromatic heterocycles. The van der Waals surface area contributed by atoms with E-state index in [1.165, 1.54) is 0 Å². The van der Waals surface area contributed by atoms with Crippen molar-refractivity contribution >= 4 is 24.2 Å². The molecule has 1 atom stereocenters. The van der Waals surface area contributed by atoms with Crippen LogP contribution in [0.3, 0.4) is 0 Å². The molecule has 6 heteroatoms. The predicted molar refractivity (Wildman–Crippen MR) is 71.4 cm³/mol. The summed E-state index contributed by atoms with van der Waals surface area (Å²) in [5.74, 6) is -0.227. The molecule has 1 unspecified atom stereocenters. The second-order valence-corrected chi connectivity index (χ2v) is 5.18. The van der Waals surface area contributed by atoms with Crippen LogP contribution in [0, 0.1) is 0 Å². The van der Waals surface area contributed by atoms with Gasteiger partial charge < -0.3 is 16.4 Å². The molecular formula is C12H22ClN3O2. The highest BCUT2D eigenvalue weighted by Gasteiger charge is 2.38. The Labute approximate surface area is 114 Å². The summed E-state index contributed by atoms with van der Waals surface area (Å²) in [5, 5.41) is 5.62. The molecule has 2 aliphatic rings. The van der Waals surface area contributed by atoms with E-state index in [1.807, 2.05) is 0 Å². The van der Waals surface area contributed by atoms with Crippen LogP contribution in [-0.2, 0) is 9.59 Å². The van der Waals surface area contributed by atoms with Gasteiger partial charge in [-0.1, -0.05) is 12.8 Å². The normalized spacial score (nSPS) is 26.7. The lowest BCUT2D eigenvalue weighted by molar-refractivity contribution is -0.131. The molecule has 1 saturated carbocycles. The Kier molecular flexibility index (Phi) is 5.41. The Morgan fingerprint density at radius 1 is 1.28 bits per heavy atom. The second-order valence-electron chi connectivity index (χ2n) is 5.18. The van der Waals surface area contributed by atoms with Crippen molar-refractivity contribution in [3.8, 4) is 0 Å². The molecule has 0 radical (unpaired) electrons. The fourth-order valence-electron chi connectivity index (χ4n) is 2.61. The maximum Gasteiger partial charge on any atom is 0.242 e. The molecule has 4 N–H and O–H groups in total. The van der Waals surface area contributed by atoms with E-state index >= 15 is 0 Å². The van der Waals surface area contributed by atoms with Crippen LogP contribution in [0.5, 0.6) is 0 Å². The topological polar surface area (TPSA) is 84.2 Å². The summed E-state index contributed by atoms with van der Waals surface area (Å²) < 4.78 is 0. The SMILES string of the molecule is Cl.NC1(C(=O)NC2CCCCNC2=O)CCCC1. The third kappa shape index (κ3) is 3.36. The van der Waals surface area contributed by atoms with Crippen LogP contribution in [0.15, 0.2) is 0 Å². The molecule has 1 saturated heterocycles. The molecule has 0 bridgehead atoms. The fraction of sp³-hybridized carbons (Fsp3) is 0.833. The smallest absolute Gasteiger partial charge is 0.242 e. The van der Waals surface area contributed by atoms with Gasteiger partial charge in [-0.3, -0.25) is 9.59 Å². The minimum atomic E-state index is -0.743. The molecule has 1 heterocycles. The zero-order valence-electron chi connectivity index (χ0n) is 10.5. The lowest BCUT2D eigenvalue weighted by Gasteiger charge is -2.25. The van der Waals surface area contributed by atoms with Gasteiger partial charge in [0.05, 0.1) is 5.54 Å². The van der Waals surface area contributed by atoms with Gasteiger partial charge in [0.2, 0.25) is 11.8 Å². The van der Waals surface area contributed by atoms with E-state index in [4.69, 9.17) is 5.73 Å². The first kappa shape index (κ1) is 15.2. The van der Waals surface area contributed by atoms with Crippen molar-refractivity contribution in [2.45, 2.75) is 56.5 Å². The van der Waals surface area contributed by atoms with E-state index in [1.54, 1.807) is 0 Å². The minimum Gasteiger partial charge on any atom is -0.354 e. The molecule has 2 rings (SSSR count). The van der Waals surface area contributed by atoms with Gasteiger partial charge in [0.25, 0.3) is 0 Å². The number of nitrogens with two attached hydrogens (primary N) is 1. The van der Waals surface area contributed by atoms with Crippen LogP contribution in [0.4, 0.5) is 0 Å². The summed E-state index contributed by atoms with van der Waals surface area (Å²) in [5.41, 5.74) is 5.32. The summed E-state index contributed by atoms with van der Waals surface area (Å²) in [7, 11) is 0. The number of halogens is 1. The van der Waals surface area contributed by atoms with Gasteiger partial charge >= 0.3 is 0 Å². The molecular weight excluding hydrogens is 254 g/mol. The van der Waals surface area contributed by atoms with Crippen molar-refractivity contribution in [1.82, 2.24) is 10.6 Å². The van der Waals surface area contributed by atoms with Crippen LogP contribution >= 0.6 is 12.4 Å². The number of carbonyl (C=O) groups is 2. The average molecular weight is 276 g/mol. The first-order chi connectivity index (χ1) is 8.12. The Balaban J connectivity index is 0.00000162. The van der Waals surface area contributed by atoms with Gasteiger partial charge in [0, 0.05) is 6.54 Å². The molecule has 18 heavy (non-hydrogen) atoms. The van der Waals surface area contributed by atoms with Crippen molar-refractivity contribution < 1.29 is 9.59 Å². The summed E-state index contributed by atoms with van der Waals surface area (Å²) in [6.07, 6.45) is 6.11. The van der Waals surface area contributed by atoms with E-state index in [-0.39, 0.29) is 24.2 Å². The maximum atomic E-state index is 12.1. The number of nitrogens with one attached hydrogen (secondary N) is 2. The summed E-state index contributed by atoms with van der Waals surface area (Å²) in [6.45, 7) is 0.707. The van der Waals surface area contributed by atoms with Crippen LogP contribution in [-0.4, -0.2) is 29.9 Å². The highest BCUT2D eigenvalue weighted by molar-refractivity contribution is 5.92. The van der Waals surface area contributed by atoms with E-state index in [2.05, 4.69) is 10.6 Å². The van der Waals surface area contributed by atoms with Crippen LogP contribution in [0.2, 0.25) is 0 Å². The van der Waals surface area contributed by atoms with Gasteiger partial charge in [-0.25, -0.2) is 0 Å². The largest absolute Gasteiger partial charge is 0.354 e. The van der Waals surface area contributed by atoms with Gasteiger partial charge in [0.15, 0.2) is 0 Å². The van der Waals surface area contributed by atoms with Crippen molar-refractivity contribution in [1.29, 1.82) is 0 Å². The number of rotatable bonds is 2.